The van der Waals surface area contributed by atoms with E-state index in [1.54, 1.807) is 36.1 Å². The van der Waals surface area contributed by atoms with Crippen LogP contribution in [-0.4, -0.2) is 20.8 Å². The van der Waals surface area contributed by atoms with Gasteiger partial charge in [0.15, 0.2) is 0 Å². The van der Waals surface area contributed by atoms with Crippen molar-refractivity contribution in [1.82, 2.24) is 14.9 Å². The van der Waals surface area contributed by atoms with Gasteiger partial charge in [-0.3, -0.25) is 4.79 Å². The van der Waals surface area contributed by atoms with Crippen LogP contribution in [0.25, 0.3) is 5.69 Å². The van der Waals surface area contributed by atoms with Gasteiger partial charge in [-0.05, 0) is 45.0 Å². The van der Waals surface area contributed by atoms with E-state index in [9.17, 15) is 4.79 Å². The number of nitrogens with zero attached hydrogens (tertiary/aromatic N) is 3. The Balaban J connectivity index is 1.79. The van der Waals surface area contributed by atoms with Gasteiger partial charge in [-0.15, -0.1) is 0 Å². The van der Waals surface area contributed by atoms with E-state index in [2.05, 4.69) is 15.6 Å². The normalized spacial score (nSPS) is 12.2. The Morgan fingerprint density at radius 2 is 2.17 bits per heavy atom. The van der Waals surface area contributed by atoms with E-state index in [0.717, 1.165) is 16.9 Å². The Morgan fingerprint density at radius 3 is 2.75 bits per heavy atom. The number of nitrogens with one attached hydrogen (secondary N) is 1. The standard InChI is InChI=1S/C17H17ClN4O2/c1-10(16-11(2)21-24-12(16)3)17(23)20-13-5-6-15(14(18)9-13)22-8-4-7-19-22/h4-10H,1-3H3,(H,20,23). The van der Waals surface area contributed by atoms with Crippen molar-refractivity contribution in [2.45, 2.75) is 26.7 Å². The Labute approximate surface area is 144 Å². The van der Waals surface area contributed by atoms with E-state index in [1.165, 1.54) is 0 Å². The molecule has 0 bridgehead atoms. The molecule has 0 saturated carbocycles. The van der Waals surface area contributed by atoms with Gasteiger partial charge in [-0.2, -0.15) is 5.10 Å². The summed E-state index contributed by atoms with van der Waals surface area (Å²) in [7, 11) is 0. The first-order valence-corrected chi connectivity index (χ1v) is 7.88. The molecule has 2 heterocycles. The van der Waals surface area contributed by atoms with Crippen LogP contribution in [0.4, 0.5) is 5.69 Å². The molecule has 2 aromatic heterocycles. The summed E-state index contributed by atoms with van der Waals surface area (Å²) < 4.78 is 6.80. The number of halogens is 1. The van der Waals surface area contributed by atoms with Crippen LogP contribution in [0, 0.1) is 13.8 Å². The van der Waals surface area contributed by atoms with Crippen molar-refractivity contribution in [1.29, 1.82) is 0 Å². The van der Waals surface area contributed by atoms with Crippen molar-refractivity contribution in [3.63, 3.8) is 0 Å². The monoisotopic (exact) mass is 344 g/mol. The highest BCUT2D eigenvalue weighted by molar-refractivity contribution is 6.32. The Morgan fingerprint density at radius 1 is 1.38 bits per heavy atom. The van der Waals surface area contributed by atoms with Crippen molar-refractivity contribution in [2.75, 3.05) is 5.32 Å². The van der Waals surface area contributed by atoms with Gasteiger partial charge < -0.3 is 9.84 Å². The number of aromatic nitrogens is 3. The van der Waals surface area contributed by atoms with Gasteiger partial charge >= 0.3 is 0 Å². The van der Waals surface area contributed by atoms with E-state index in [4.69, 9.17) is 16.1 Å². The molecule has 1 amide bonds. The molecule has 24 heavy (non-hydrogen) atoms. The Kier molecular flexibility index (Phi) is 4.40. The number of amides is 1. The van der Waals surface area contributed by atoms with Crippen molar-refractivity contribution in [3.05, 3.63) is 58.7 Å². The predicted octanol–water partition coefficient (Wildman–Crippen LogP) is 3.87. The van der Waals surface area contributed by atoms with E-state index in [1.807, 2.05) is 26.0 Å². The molecule has 7 heteroatoms. The maximum absolute atomic E-state index is 12.5. The van der Waals surface area contributed by atoms with E-state index < -0.39 is 0 Å². The van der Waals surface area contributed by atoms with Crippen molar-refractivity contribution < 1.29 is 9.32 Å². The van der Waals surface area contributed by atoms with Gasteiger partial charge in [-0.25, -0.2) is 4.68 Å². The minimum Gasteiger partial charge on any atom is -0.361 e. The summed E-state index contributed by atoms with van der Waals surface area (Å²) in [5.41, 5.74) is 2.91. The SMILES string of the molecule is Cc1noc(C)c1C(C)C(=O)Nc1ccc(-n2cccn2)c(Cl)c1. The van der Waals surface area contributed by atoms with Crippen LogP contribution in [-0.2, 0) is 4.79 Å². The summed E-state index contributed by atoms with van der Waals surface area (Å²) in [6.07, 6.45) is 3.48. The van der Waals surface area contributed by atoms with E-state index in [-0.39, 0.29) is 11.8 Å². The first kappa shape index (κ1) is 16.3. The highest BCUT2D eigenvalue weighted by atomic mass is 35.5. The number of aryl methyl sites for hydroxylation is 2. The minimum absolute atomic E-state index is 0.146. The molecule has 0 spiro atoms. The lowest BCUT2D eigenvalue weighted by Gasteiger charge is -2.13. The summed E-state index contributed by atoms with van der Waals surface area (Å²) in [6, 6.07) is 7.13. The highest BCUT2D eigenvalue weighted by Gasteiger charge is 2.23. The second-order valence-corrected chi connectivity index (χ2v) is 5.97. The molecule has 0 radical (unpaired) electrons. The fraction of sp³-hybridized carbons (Fsp3) is 0.235. The lowest BCUT2D eigenvalue weighted by atomic mass is 9.98. The molecular weight excluding hydrogens is 328 g/mol. The van der Waals surface area contributed by atoms with Crippen LogP contribution < -0.4 is 5.32 Å². The highest BCUT2D eigenvalue weighted by Crippen LogP contribution is 2.27. The molecule has 0 aliphatic carbocycles. The zero-order valence-electron chi connectivity index (χ0n) is 13.6. The zero-order chi connectivity index (χ0) is 17.3. The van der Waals surface area contributed by atoms with Crippen LogP contribution in [0.15, 0.2) is 41.2 Å². The van der Waals surface area contributed by atoms with Gasteiger partial charge in [0.2, 0.25) is 5.91 Å². The third-order valence-corrected chi connectivity index (χ3v) is 4.18. The van der Waals surface area contributed by atoms with E-state index >= 15 is 0 Å². The Hall–Kier alpha value is -2.60. The maximum Gasteiger partial charge on any atom is 0.231 e. The average Bonchev–Trinajstić information content (AvgIpc) is 3.17. The van der Waals surface area contributed by atoms with Crippen LogP contribution >= 0.6 is 11.6 Å². The summed E-state index contributed by atoms with van der Waals surface area (Å²) >= 11 is 6.30. The lowest BCUT2D eigenvalue weighted by Crippen LogP contribution is -2.19. The van der Waals surface area contributed by atoms with Gasteiger partial charge in [-0.1, -0.05) is 16.8 Å². The molecule has 1 aromatic carbocycles. The molecule has 1 N–H and O–H groups in total. The number of carbonyl (C=O) groups excluding carboxylic acids is 1. The Bertz CT molecular complexity index is 851. The van der Waals surface area contributed by atoms with Crippen LogP contribution in [0.2, 0.25) is 5.02 Å². The largest absolute Gasteiger partial charge is 0.361 e. The number of benzene rings is 1. The quantitative estimate of drug-likeness (QED) is 0.779. The first-order chi connectivity index (χ1) is 11.5. The molecule has 3 aromatic rings. The number of hydrogen-bond donors (Lipinski definition) is 1. The van der Waals surface area contributed by atoms with Gasteiger partial charge in [0.1, 0.15) is 5.76 Å². The molecule has 0 aliphatic rings. The molecule has 0 fully saturated rings. The van der Waals surface area contributed by atoms with Crippen molar-refractivity contribution >= 4 is 23.2 Å². The molecule has 0 aliphatic heterocycles. The summed E-state index contributed by atoms with van der Waals surface area (Å²) in [4.78, 5) is 12.5. The van der Waals surface area contributed by atoms with Crippen LogP contribution in [0.1, 0.15) is 29.9 Å². The second kappa shape index (κ2) is 6.49. The molecule has 1 atom stereocenters. The zero-order valence-corrected chi connectivity index (χ0v) is 14.3. The topological polar surface area (TPSA) is 73.0 Å². The molecule has 124 valence electrons. The van der Waals surface area contributed by atoms with Crippen LogP contribution in [0.3, 0.4) is 0 Å². The van der Waals surface area contributed by atoms with E-state index in [0.29, 0.717) is 16.5 Å². The van der Waals surface area contributed by atoms with Gasteiger partial charge in [0.05, 0.1) is 22.3 Å². The number of hydrogen-bond acceptors (Lipinski definition) is 4. The second-order valence-electron chi connectivity index (χ2n) is 5.57. The molecule has 0 saturated heterocycles. The van der Waals surface area contributed by atoms with Gasteiger partial charge in [0, 0.05) is 23.6 Å². The number of rotatable bonds is 4. The fourth-order valence-electron chi connectivity index (χ4n) is 2.67. The fourth-order valence-corrected chi connectivity index (χ4v) is 2.94. The number of anilines is 1. The minimum atomic E-state index is -0.374. The average molecular weight is 345 g/mol. The summed E-state index contributed by atoms with van der Waals surface area (Å²) in [6.45, 7) is 5.45. The molecule has 3 rings (SSSR count). The predicted molar refractivity (Wildman–Crippen MR) is 91.6 cm³/mol. The molecule has 6 nitrogen and oxygen atoms in total. The number of carbonyl (C=O) groups is 1. The van der Waals surface area contributed by atoms with Crippen molar-refractivity contribution in [2.24, 2.45) is 0 Å². The smallest absolute Gasteiger partial charge is 0.231 e. The van der Waals surface area contributed by atoms with Crippen LogP contribution in [0.5, 0.6) is 0 Å². The molecule has 1 unspecified atom stereocenters. The summed E-state index contributed by atoms with van der Waals surface area (Å²) in [5.74, 6) is 0.135. The maximum atomic E-state index is 12.5. The summed E-state index contributed by atoms with van der Waals surface area (Å²) in [5, 5.41) is 11.4. The van der Waals surface area contributed by atoms with Crippen molar-refractivity contribution in [3.8, 4) is 5.69 Å². The lowest BCUT2D eigenvalue weighted by molar-refractivity contribution is -0.117. The molecular formula is C17H17ClN4O2. The first-order valence-electron chi connectivity index (χ1n) is 7.50. The van der Waals surface area contributed by atoms with Gasteiger partial charge in [0.25, 0.3) is 0 Å². The third kappa shape index (κ3) is 3.05. The third-order valence-electron chi connectivity index (χ3n) is 3.88.